The molecule has 0 unspecified atom stereocenters. The van der Waals surface area contributed by atoms with Crippen molar-refractivity contribution in [2.24, 2.45) is 0 Å². The molecule has 0 atom stereocenters. The summed E-state index contributed by atoms with van der Waals surface area (Å²) in [5.41, 5.74) is 3.78. The van der Waals surface area contributed by atoms with Gasteiger partial charge in [-0.1, -0.05) is 25.6 Å². The van der Waals surface area contributed by atoms with Crippen LogP contribution in [0.5, 0.6) is 0 Å². The van der Waals surface area contributed by atoms with Gasteiger partial charge in [-0.2, -0.15) is 0 Å². The zero-order valence-corrected chi connectivity index (χ0v) is 9.99. The summed E-state index contributed by atoms with van der Waals surface area (Å²) in [6.07, 6.45) is 2.08. The van der Waals surface area contributed by atoms with Crippen molar-refractivity contribution in [3.8, 4) is 11.5 Å². The summed E-state index contributed by atoms with van der Waals surface area (Å²) in [6, 6.07) is 1.91. The van der Waals surface area contributed by atoms with Crippen LogP contribution in [-0.4, -0.2) is 15.0 Å². The fourth-order valence-electron chi connectivity index (χ4n) is 1.36. The zero-order chi connectivity index (χ0) is 10.7. The normalized spacial score (nSPS) is 10.5. The molecule has 2 aromatic heterocycles. The van der Waals surface area contributed by atoms with Crippen LogP contribution in [-0.2, 0) is 6.42 Å². The number of thiazole rings is 1. The second-order valence-electron chi connectivity index (χ2n) is 3.22. The highest BCUT2D eigenvalue weighted by Gasteiger charge is 2.03. The van der Waals surface area contributed by atoms with Crippen molar-refractivity contribution in [3.63, 3.8) is 0 Å². The van der Waals surface area contributed by atoms with Gasteiger partial charge in [0.05, 0.1) is 5.51 Å². The fourth-order valence-corrected chi connectivity index (χ4v) is 2.13. The topological polar surface area (TPSA) is 41.6 Å². The molecule has 3 nitrogen and oxygen atoms in total. The molecule has 0 radical (unpaired) electrons. The summed E-state index contributed by atoms with van der Waals surface area (Å²) < 4.78 is 0.625. The molecule has 1 N–H and O–H groups in total. The maximum Gasteiger partial charge on any atom is 0.158 e. The molecule has 0 amide bonds. The molecular weight excluding hydrogens is 226 g/mol. The van der Waals surface area contributed by atoms with Gasteiger partial charge in [0, 0.05) is 11.1 Å². The molecule has 0 saturated heterocycles. The quantitative estimate of drug-likeness (QED) is 0.833. The van der Waals surface area contributed by atoms with Crippen molar-refractivity contribution in [1.29, 1.82) is 0 Å². The first-order chi connectivity index (χ1) is 7.29. The van der Waals surface area contributed by atoms with Crippen LogP contribution in [0.3, 0.4) is 0 Å². The lowest BCUT2D eigenvalue weighted by molar-refractivity contribution is 0.872. The van der Waals surface area contributed by atoms with Gasteiger partial charge < -0.3 is 4.98 Å². The molecule has 5 heteroatoms. The summed E-state index contributed by atoms with van der Waals surface area (Å²) in [6.45, 7) is 2.14. The molecule has 2 heterocycles. The number of H-pyrrole nitrogens is 1. The molecule has 0 fully saturated rings. The van der Waals surface area contributed by atoms with Crippen LogP contribution < -0.4 is 0 Å². The molecule has 15 heavy (non-hydrogen) atoms. The van der Waals surface area contributed by atoms with E-state index in [4.69, 9.17) is 12.2 Å². The third kappa shape index (κ3) is 2.49. The van der Waals surface area contributed by atoms with Crippen LogP contribution >= 0.6 is 23.6 Å². The number of aryl methyl sites for hydroxylation is 1. The maximum atomic E-state index is 5.12. The highest BCUT2D eigenvalue weighted by molar-refractivity contribution is 7.71. The highest BCUT2D eigenvalue weighted by Crippen LogP contribution is 2.15. The Morgan fingerprint density at radius 1 is 1.53 bits per heavy atom. The number of nitrogens with one attached hydrogen (secondary N) is 1. The molecule has 0 spiro atoms. The monoisotopic (exact) mass is 237 g/mol. The van der Waals surface area contributed by atoms with Crippen molar-refractivity contribution in [2.75, 3.05) is 0 Å². The van der Waals surface area contributed by atoms with E-state index in [9.17, 15) is 0 Å². The van der Waals surface area contributed by atoms with Crippen LogP contribution in [0.2, 0.25) is 0 Å². The van der Waals surface area contributed by atoms with E-state index in [1.165, 1.54) is 0 Å². The first-order valence-corrected chi connectivity index (χ1v) is 6.13. The number of aromatic nitrogens is 3. The van der Waals surface area contributed by atoms with Gasteiger partial charge in [-0.3, -0.25) is 0 Å². The Bertz CT molecular complexity index is 488. The van der Waals surface area contributed by atoms with Gasteiger partial charge in [0.1, 0.15) is 10.3 Å². The third-order valence-corrected chi connectivity index (χ3v) is 2.79. The van der Waals surface area contributed by atoms with E-state index >= 15 is 0 Å². The van der Waals surface area contributed by atoms with Crippen LogP contribution in [0, 0.1) is 4.64 Å². The van der Waals surface area contributed by atoms with E-state index in [1.807, 2.05) is 11.4 Å². The molecule has 0 aliphatic carbocycles. The van der Waals surface area contributed by atoms with Crippen molar-refractivity contribution >= 4 is 23.6 Å². The average molecular weight is 237 g/mol. The van der Waals surface area contributed by atoms with E-state index in [-0.39, 0.29) is 0 Å². The number of hydrogen-bond donors (Lipinski definition) is 1. The van der Waals surface area contributed by atoms with Crippen LogP contribution in [0.25, 0.3) is 11.5 Å². The standard InChI is InChI=1S/C10H11N3S2/c1-2-3-7-4-9(14)13-10(12-7)8-5-15-6-11-8/h4-6H,2-3H2,1H3,(H,12,13,14). The Morgan fingerprint density at radius 3 is 3.07 bits per heavy atom. The minimum atomic E-state index is 0.625. The first kappa shape index (κ1) is 10.4. The van der Waals surface area contributed by atoms with E-state index in [1.54, 1.807) is 16.8 Å². The molecule has 2 aromatic rings. The van der Waals surface area contributed by atoms with Crippen molar-refractivity contribution in [1.82, 2.24) is 15.0 Å². The predicted octanol–water partition coefficient (Wildman–Crippen LogP) is 3.22. The molecule has 78 valence electrons. The smallest absolute Gasteiger partial charge is 0.158 e. The van der Waals surface area contributed by atoms with Gasteiger partial charge in [-0.25, -0.2) is 9.97 Å². The SMILES string of the molecule is CCCc1cc(=S)nc(-c2cscn2)[nH]1. The third-order valence-electron chi connectivity index (χ3n) is 1.99. The molecule has 2 rings (SSSR count). The van der Waals surface area contributed by atoms with Crippen LogP contribution in [0.4, 0.5) is 0 Å². The average Bonchev–Trinajstić information content (AvgIpc) is 2.70. The number of rotatable bonds is 3. The van der Waals surface area contributed by atoms with Crippen molar-refractivity contribution < 1.29 is 0 Å². The Kier molecular flexibility index (Phi) is 3.23. The summed E-state index contributed by atoms with van der Waals surface area (Å²) in [5, 5.41) is 1.96. The maximum absolute atomic E-state index is 5.12. The molecular formula is C10H11N3S2. The second-order valence-corrected chi connectivity index (χ2v) is 4.35. The summed E-state index contributed by atoms with van der Waals surface area (Å²) >= 11 is 6.67. The molecule has 0 aliphatic heterocycles. The summed E-state index contributed by atoms with van der Waals surface area (Å²) in [5.74, 6) is 0.771. The van der Waals surface area contributed by atoms with Crippen LogP contribution in [0.15, 0.2) is 17.0 Å². The number of aromatic amines is 1. The van der Waals surface area contributed by atoms with E-state index in [2.05, 4.69) is 21.9 Å². The lowest BCUT2D eigenvalue weighted by Gasteiger charge is -2.02. The Balaban J connectivity index is 2.44. The van der Waals surface area contributed by atoms with Gasteiger partial charge in [0.2, 0.25) is 0 Å². The first-order valence-electron chi connectivity index (χ1n) is 4.78. The van der Waals surface area contributed by atoms with E-state index in [0.29, 0.717) is 4.64 Å². The van der Waals surface area contributed by atoms with Crippen molar-refractivity contribution in [3.05, 3.63) is 27.3 Å². The number of hydrogen-bond acceptors (Lipinski definition) is 4. The van der Waals surface area contributed by atoms with E-state index in [0.717, 1.165) is 30.1 Å². The second kappa shape index (κ2) is 4.63. The largest absolute Gasteiger partial charge is 0.342 e. The van der Waals surface area contributed by atoms with Crippen molar-refractivity contribution in [2.45, 2.75) is 19.8 Å². The molecule has 0 aliphatic rings. The molecule has 0 bridgehead atoms. The Hall–Kier alpha value is -1.07. The van der Waals surface area contributed by atoms with E-state index < -0.39 is 0 Å². The lowest BCUT2D eigenvalue weighted by atomic mass is 10.2. The number of nitrogens with zero attached hydrogens (tertiary/aromatic N) is 2. The van der Waals surface area contributed by atoms with Gasteiger partial charge >= 0.3 is 0 Å². The molecule has 0 saturated carbocycles. The minimum absolute atomic E-state index is 0.625. The van der Waals surface area contributed by atoms with Gasteiger partial charge in [-0.15, -0.1) is 11.3 Å². The fraction of sp³-hybridized carbons (Fsp3) is 0.300. The summed E-state index contributed by atoms with van der Waals surface area (Å²) in [4.78, 5) is 11.7. The van der Waals surface area contributed by atoms with Gasteiger partial charge in [-0.05, 0) is 12.5 Å². The lowest BCUT2D eigenvalue weighted by Crippen LogP contribution is -1.95. The zero-order valence-electron chi connectivity index (χ0n) is 8.36. The molecule has 0 aromatic carbocycles. The van der Waals surface area contributed by atoms with Gasteiger partial charge in [0.25, 0.3) is 0 Å². The Morgan fingerprint density at radius 2 is 2.40 bits per heavy atom. The minimum Gasteiger partial charge on any atom is -0.342 e. The summed E-state index contributed by atoms with van der Waals surface area (Å²) in [7, 11) is 0. The predicted molar refractivity (Wildman–Crippen MR) is 64.5 cm³/mol. The Labute approximate surface area is 97.2 Å². The van der Waals surface area contributed by atoms with Crippen LogP contribution in [0.1, 0.15) is 19.0 Å². The van der Waals surface area contributed by atoms with Gasteiger partial charge in [0.15, 0.2) is 5.82 Å². The highest BCUT2D eigenvalue weighted by atomic mass is 32.1.